The second kappa shape index (κ2) is 5.09. The molecule has 0 unspecified atom stereocenters. The van der Waals surface area contributed by atoms with Gasteiger partial charge < -0.3 is 4.98 Å². The molecule has 0 radical (unpaired) electrons. The normalized spacial score (nSPS) is 11.2. The molecule has 0 fully saturated rings. The molecule has 0 aliphatic carbocycles. The Morgan fingerprint density at radius 2 is 1.70 bits per heavy atom. The molecule has 0 atom stereocenters. The van der Waals surface area contributed by atoms with Gasteiger partial charge in [-0.15, -0.1) is 0 Å². The molecule has 0 spiro atoms. The fourth-order valence-corrected chi connectivity index (χ4v) is 1.96. The van der Waals surface area contributed by atoms with E-state index in [0.29, 0.717) is 10.9 Å². The van der Waals surface area contributed by atoms with Gasteiger partial charge in [0.05, 0.1) is 17.2 Å². The number of aromatic nitrogens is 2. The molecule has 0 amide bonds. The highest BCUT2D eigenvalue weighted by atomic mass is 19.1. The molecule has 4 heteroatoms. The van der Waals surface area contributed by atoms with Gasteiger partial charge in [0.25, 0.3) is 5.56 Å². The summed E-state index contributed by atoms with van der Waals surface area (Å²) in [7, 11) is 0. The van der Waals surface area contributed by atoms with Gasteiger partial charge in [0, 0.05) is 0 Å². The van der Waals surface area contributed by atoms with Crippen LogP contribution in [0.1, 0.15) is 11.1 Å². The van der Waals surface area contributed by atoms with Gasteiger partial charge in [0.15, 0.2) is 0 Å². The molecule has 0 saturated heterocycles. The number of benzene rings is 2. The highest BCUT2D eigenvalue weighted by Crippen LogP contribution is 2.13. The van der Waals surface area contributed by atoms with Crippen LogP contribution in [-0.4, -0.2) is 9.97 Å². The zero-order valence-corrected chi connectivity index (χ0v) is 10.5. The predicted molar refractivity (Wildman–Crippen MR) is 77.7 cm³/mol. The molecule has 0 aliphatic heterocycles. The molecule has 0 aliphatic rings. The number of H-pyrrole nitrogens is 1. The van der Waals surface area contributed by atoms with Gasteiger partial charge in [0.1, 0.15) is 5.82 Å². The summed E-state index contributed by atoms with van der Waals surface area (Å²) in [6, 6.07) is 11.7. The number of aromatic amines is 1. The summed E-state index contributed by atoms with van der Waals surface area (Å²) in [6.07, 6.45) is 5.13. The van der Waals surface area contributed by atoms with Crippen molar-refractivity contribution < 1.29 is 4.39 Å². The van der Waals surface area contributed by atoms with E-state index in [9.17, 15) is 9.18 Å². The van der Waals surface area contributed by atoms with Gasteiger partial charge in [-0.1, -0.05) is 30.4 Å². The summed E-state index contributed by atoms with van der Waals surface area (Å²) in [5, 5.41) is 0.550. The maximum absolute atomic E-state index is 12.8. The van der Waals surface area contributed by atoms with Crippen molar-refractivity contribution in [1.29, 1.82) is 0 Å². The molecule has 2 aromatic carbocycles. The third kappa shape index (κ3) is 2.49. The van der Waals surface area contributed by atoms with Crippen LogP contribution in [-0.2, 0) is 0 Å². The van der Waals surface area contributed by atoms with Crippen molar-refractivity contribution in [3.63, 3.8) is 0 Å². The van der Waals surface area contributed by atoms with E-state index in [4.69, 9.17) is 0 Å². The van der Waals surface area contributed by atoms with E-state index in [-0.39, 0.29) is 11.4 Å². The van der Waals surface area contributed by atoms with Crippen molar-refractivity contribution in [3.05, 3.63) is 76.1 Å². The molecule has 1 heterocycles. The molecule has 98 valence electrons. The van der Waals surface area contributed by atoms with Gasteiger partial charge in [-0.2, -0.15) is 0 Å². The zero-order valence-electron chi connectivity index (χ0n) is 10.5. The minimum absolute atomic E-state index is 0.160. The van der Waals surface area contributed by atoms with Gasteiger partial charge in [0.2, 0.25) is 0 Å². The van der Waals surface area contributed by atoms with Crippen LogP contribution < -0.4 is 5.56 Å². The third-order valence-corrected chi connectivity index (χ3v) is 3.00. The summed E-state index contributed by atoms with van der Waals surface area (Å²) in [5.41, 5.74) is 2.28. The predicted octanol–water partition coefficient (Wildman–Crippen LogP) is 3.23. The van der Waals surface area contributed by atoms with Crippen LogP contribution in [0, 0.1) is 5.82 Å². The van der Waals surface area contributed by atoms with Gasteiger partial charge >= 0.3 is 0 Å². The summed E-state index contributed by atoms with van der Waals surface area (Å²) >= 11 is 0. The van der Waals surface area contributed by atoms with Crippen molar-refractivity contribution in [2.45, 2.75) is 0 Å². The molecule has 3 aromatic rings. The first-order valence-electron chi connectivity index (χ1n) is 6.13. The Morgan fingerprint density at radius 1 is 1.00 bits per heavy atom. The molecular weight excluding hydrogens is 255 g/mol. The average Bonchev–Trinajstić information content (AvgIpc) is 2.47. The Morgan fingerprint density at radius 3 is 2.50 bits per heavy atom. The summed E-state index contributed by atoms with van der Waals surface area (Å²) in [4.78, 5) is 18.3. The smallest absolute Gasteiger partial charge is 0.258 e. The van der Waals surface area contributed by atoms with Crippen molar-refractivity contribution in [2.24, 2.45) is 0 Å². The lowest BCUT2D eigenvalue weighted by Gasteiger charge is -1.98. The average molecular weight is 266 g/mol. The van der Waals surface area contributed by atoms with E-state index in [1.54, 1.807) is 24.3 Å². The SMILES string of the molecule is O=c1[nH]cnc2ccc(/C=C/c3ccc(F)cc3)cc12. The summed E-state index contributed by atoms with van der Waals surface area (Å²) < 4.78 is 12.8. The minimum atomic E-state index is -0.259. The topological polar surface area (TPSA) is 45.8 Å². The largest absolute Gasteiger partial charge is 0.313 e. The first kappa shape index (κ1) is 12.3. The molecule has 20 heavy (non-hydrogen) atoms. The number of rotatable bonds is 2. The monoisotopic (exact) mass is 266 g/mol. The fourth-order valence-electron chi connectivity index (χ4n) is 1.96. The van der Waals surface area contributed by atoms with Crippen LogP contribution in [0.2, 0.25) is 0 Å². The van der Waals surface area contributed by atoms with Gasteiger partial charge in [-0.25, -0.2) is 9.37 Å². The summed E-state index contributed by atoms with van der Waals surface area (Å²) in [6.45, 7) is 0. The Balaban J connectivity index is 1.96. The molecule has 0 saturated carbocycles. The molecular formula is C16H11FN2O. The van der Waals surface area contributed by atoms with Crippen LogP contribution in [0.15, 0.2) is 53.6 Å². The Bertz CT molecular complexity index is 835. The number of halogens is 1. The maximum atomic E-state index is 12.8. The second-order valence-corrected chi connectivity index (χ2v) is 4.39. The Hall–Kier alpha value is -2.75. The second-order valence-electron chi connectivity index (χ2n) is 4.39. The van der Waals surface area contributed by atoms with Crippen molar-refractivity contribution in [3.8, 4) is 0 Å². The van der Waals surface area contributed by atoms with Crippen LogP contribution in [0.3, 0.4) is 0 Å². The van der Waals surface area contributed by atoms with E-state index in [1.165, 1.54) is 18.5 Å². The van der Waals surface area contributed by atoms with E-state index in [0.717, 1.165) is 11.1 Å². The van der Waals surface area contributed by atoms with E-state index < -0.39 is 0 Å². The number of fused-ring (bicyclic) bond motifs is 1. The lowest BCUT2D eigenvalue weighted by atomic mass is 10.1. The zero-order chi connectivity index (χ0) is 13.9. The number of hydrogen-bond acceptors (Lipinski definition) is 2. The van der Waals surface area contributed by atoms with Crippen molar-refractivity contribution in [1.82, 2.24) is 9.97 Å². The first-order chi connectivity index (χ1) is 9.72. The summed E-state index contributed by atoms with van der Waals surface area (Å²) in [5.74, 6) is -0.259. The maximum Gasteiger partial charge on any atom is 0.258 e. The first-order valence-corrected chi connectivity index (χ1v) is 6.13. The van der Waals surface area contributed by atoms with E-state index in [2.05, 4.69) is 9.97 Å². The van der Waals surface area contributed by atoms with Crippen molar-refractivity contribution in [2.75, 3.05) is 0 Å². The molecule has 0 bridgehead atoms. The van der Waals surface area contributed by atoms with Crippen LogP contribution in [0.25, 0.3) is 23.1 Å². The Labute approximate surface area is 114 Å². The minimum Gasteiger partial charge on any atom is -0.313 e. The van der Waals surface area contributed by atoms with E-state index in [1.807, 2.05) is 18.2 Å². The molecule has 3 nitrogen and oxygen atoms in total. The number of nitrogens with zero attached hydrogens (tertiary/aromatic N) is 1. The quantitative estimate of drug-likeness (QED) is 0.724. The fraction of sp³-hybridized carbons (Fsp3) is 0. The van der Waals surface area contributed by atoms with Gasteiger partial charge in [-0.3, -0.25) is 4.79 Å². The number of hydrogen-bond donors (Lipinski definition) is 1. The van der Waals surface area contributed by atoms with Crippen molar-refractivity contribution >= 4 is 23.1 Å². The lowest BCUT2D eigenvalue weighted by Crippen LogP contribution is -2.05. The number of nitrogens with one attached hydrogen (secondary N) is 1. The van der Waals surface area contributed by atoms with Crippen LogP contribution >= 0.6 is 0 Å². The molecule has 1 N–H and O–H groups in total. The van der Waals surface area contributed by atoms with Gasteiger partial charge in [-0.05, 0) is 35.4 Å². The lowest BCUT2D eigenvalue weighted by molar-refractivity contribution is 0.628. The molecule has 1 aromatic heterocycles. The highest BCUT2D eigenvalue weighted by Gasteiger charge is 1.99. The standard InChI is InChI=1S/C16H11FN2O/c17-13-6-3-11(4-7-13)1-2-12-5-8-15-14(9-12)16(20)19-10-18-15/h1-10H,(H,18,19,20)/b2-1+. The Kier molecular flexibility index (Phi) is 3.13. The van der Waals surface area contributed by atoms with Crippen LogP contribution in [0.4, 0.5) is 4.39 Å². The third-order valence-electron chi connectivity index (χ3n) is 3.00. The van der Waals surface area contributed by atoms with E-state index >= 15 is 0 Å². The highest BCUT2D eigenvalue weighted by molar-refractivity contribution is 5.82. The molecule has 3 rings (SSSR count). The van der Waals surface area contributed by atoms with Crippen LogP contribution in [0.5, 0.6) is 0 Å².